The number of hydrogen-bond donors (Lipinski definition) is 2. The first-order valence-electron chi connectivity index (χ1n) is 9.56. The summed E-state index contributed by atoms with van der Waals surface area (Å²) in [5.74, 6) is -0.0207. The highest BCUT2D eigenvalue weighted by Gasteiger charge is 2.19. The molecule has 0 saturated carbocycles. The van der Waals surface area contributed by atoms with E-state index in [1.807, 2.05) is 18.2 Å². The van der Waals surface area contributed by atoms with Crippen molar-refractivity contribution in [1.82, 2.24) is 15.3 Å². The van der Waals surface area contributed by atoms with Crippen molar-refractivity contribution in [2.75, 3.05) is 5.32 Å². The summed E-state index contributed by atoms with van der Waals surface area (Å²) in [5, 5.41) is 6.16. The van der Waals surface area contributed by atoms with Gasteiger partial charge in [0, 0.05) is 16.8 Å². The van der Waals surface area contributed by atoms with Gasteiger partial charge in [-0.2, -0.15) is 0 Å². The first-order chi connectivity index (χ1) is 15.4. The Kier molecular flexibility index (Phi) is 6.74. The van der Waals surface area contributed by atoms with Gasteiger partial charge < -0.3 is 10.1 Å². The lowest BCUT2D eigenvalue weighted by Gasteiger charge is -2.18. The van der Waals surface area contributed by atoms with Crippen LogP contribution >= 0.6 is 34.5 Å². The molecule has 2 heterocycles. The van der Waals surface area contributed by atoms with Gasteiger partial charge in [0.25, 0.3) is 0 Å². The fraction of sp³-hybridized carbons (Fsp3) is 0.136. The molecule has 2 aromatic heterocycles. The van der Waals surface area contributed by atoms with Crippen molar-refractivity contribution < 1.29 is 13.9 Å². The van der Waals surface area contributed by atoms with Crippen LogP contribution in [-0.2, 0) is 6.54 Å². The van der Waals surface area contributed by atoms with Crippen molar-refractivity contribution >= 4 is 55.9 Å². The second kappa shape index (κ2) is 9.68. The molecule has 0 aliphatic rings. The van der Waals surface area contributed by atoms with Crippen molar-refractivity contribution in [1.29, 1.82) is 0 Å². The molecule has 4 aromatic rings. The van der Waals surface area contributed by atoms with Gasteiger partial charge in [0.15, 0.2) is 5.13 Å². The SMILES string of the molecule is CC(Oc1ccc2nc(NC(=O)NCc3ccccn3)sc2c1)c1c(Cl)ccc(F)c1Cl. The Morgan fingerprint density at radius 1 is 1.22 bits per heavy atom. The van der Waals surface area contributed by atoms with Crippen molar-refractivity contribution in [3.63, 3.8) is 0 Å². The summed E-state index contributed by atoms with van der Waals surface area (Å²) in [7, 11) is 0. The average molecular weight is 491 g/mol. The topological polar surface area (TPSA) is 76.1 Å². The lowest BCUT2D eigenvalue weighted by molar-refractivity contribution is 0.227. The van der Waals surface area contributed by atoms with E-state index in [1.54, 1.807) is 31.3 Å². The maximum atomic E-state index is 13.8. The summed E-state index contributed by atoms with van der Waals surface area (Å²) in [6, 6.07) is 13.1. The van der Waals surface area contributed by atoms with Crippen LogP contribution in [0, 0.1) is 5.82 Å². The number of aromatic nitrogens is 2. The lowest BCUT2D eigenvalue weighted by atomic mass is 10.1. The fourth-order valence-electron chi connectivity index (χ4n) is 3.03. The van der Waals surface area contributed by atoms with Gasteiger partial charge >= 0.3 is 6.03 Å². The number of ether oxygens (including phenoxy) is 1. The standard InChI is InChI=1S/C22H17Cl2FN4O2S/c1-12(19-15(23)6-7-16(25)20(19)24)31-14-5-8-17-18(10-14)32-22(28-17)29-21(30)27-11-13-4-2-3-9-26-13/h2-10,12H,11H2,1H3,(H2,27,28,29,30). The molecule has 0 fully saturated rings. The quantitative estimate of drug-likeness (QED) is 0.298. The van der Waals surface area contributed by atoms with E-state index >= 15 is 0 Å². The third-order valence-corrected chi connectivity index (χ3v) is 6.18. The van der Waals surface area contributed by atoms with Crippen molar-refractivity contribution in [3.8, 4) is 5.75 Å². The van der Waals surface area contributed by atoms with E-state index in [2.05, 4.69) is 20.6 Å². The van der Waals surface area contributed by atoms with Crippen molar-refractivity contribution in [2.45, 2.75) is 19.6 Å². The minimum atomic E-state index is -0.578. The molecule has 1 atom stereocenters. The van der Waals surface area contributed by atoms with E-state index in [4.69, 9.17) is 27.9 Å². The van der Waals surface area contributed by atoms with E-state index in [1.165, 1.54) is 23.5 Å². The summed E-state index contributed by atoms with van der Waals surface area (Å²) in [4.78, 5) is 20.7. The van der Waals surface area contributed by atoms with E-state index in [-0.39, 0.29) is 11.1 Å². The lowest BCUT2D eigenvalue weighted by Crippen LogP contribution is -2.28. The summed E-state index contributed by atoms with van der Waals surface area (Å²) in [5.41, 5.74) is 1.84. The van der Waals surface area contributed by atoms with Crippen molar-refractivity contribution in [2.24, 2.45) is 0 Å². The van der Waals surface area contributed by atoms with Gasteiger partial charge in [0.1, 0.15) is 17.7 Å². The number of rotatable bonds is 6. The third-order valence-electron chi connectivity index (χ3n) is 4.54. The van der Waals surface area contributed by atoms with Gasteiger partial charge in [-0.1, -0.05) is 40.6 Å². The smallest absolute Gasteiger partial charge is 0.321 e. The first-order valence-corrected chi connectivity index (χ1v) is 11.1. The number of pyridine rings is 1. The van der Waals surface area contributed by atoms with Gasteiger partial charge in [-0.3, -0.25) is 10.3 Å². The molecule has 6 nitrogen and oxygen atoms in total. The number of urea groups is 1. The zero-order valence-corrected chi connectivity index (χ0v) is 19.1. The molecule has 0 bridgehead atoms. The largest absolute Gasteiger partial charge is 0.486 e. The number of amides is 2. The summed E-state index contributed by atoms with van der Waals surface area (Å²) < 4.78 is 20.6. The number of fused-ring (bicyclic) bond motifs is 1. The van der Waals surface area contributed by atoms with Crippen LogP contribution in [-0.4, -0.2) is 16.0 Å². The minimum Gasteiger partial charge on any atom is -0.486 e. The molecule has 4 rings (SSSR count). The number of anilines is 1. The second-order valence-electron chi connectivity index (χ2n) is 6.79. The molecule has 10 heteroatoms. The van der Waals surface area contributed by atoms with Crippen LogP contribution in [0.2, 0.25) is 10.0 Å². The number of nitrogens with one attached hydrogen (secondary N) is 2. The Morgan fingerprint density at radius 3 is 2.84 bits per heavy atom. The van der Waals surface area contributed by atoms with Crippen LogP contribution in [0.3, 0.4) is 0 Å². The molecular formula is C22H17Cl2FN4O2S. The maximum Gasteiger partial charge on any atom is 0.321 e. The Bertz CT molecular complexity index is 1270. The molecule has 2 N–H and O–H groups in total. The zero-order valence-electron chi connectivity index (χ0n) is 16.7. The number of halogens is 3. The number of carbonyl (C=O) groups excluding carboxylic acids is 1. The molecular weight excluding hydrogens is 474 g/mol. The maximum absolute atomic E-state index is 13.8. The molecule has 1 unspecified atom stereocenters. The van der Waals surface area contributed by atoms with Crippen LogP contribution in [0.4, 0.5) is 14.3 Å². The van der Waals surface area contributed by atoms with Crippen LogP contribution in [0.25, 0.3) is 10.2 Å². The number of nitrogens with zero attached hydrogens (tertiary/aromatic N) is 2. The summed E-state index contributed by atoms with van der Waals surface area (Å²) in [6.45, 7) is 2.04. The Labute approximate surface area is 197 Å². The third kappa shape index (κ3) is 5.09. The molecule has 164 valence electrons. The van der Waals surface area contributed by atoms with Gasteiger partial charge in [0.05, 0.1) is 27.5 Å². The molecule has 0 radical (unpaired) electrons. The van der Waals surface area contributed by atoms with Crippen molar-refractivity contribution in [3.05, 3.63) is 81.8 Å². The van der Waals surface area contributed by atoms with Crippen LogP contribution in [0.1, 0.15) is 24.3 Å². The number of carbonyl (C=O) groups is 1. The van der Waals surface area contributed by atoms with E-state index < -0.39 is 11.9 Å². The molecule has 0 aliphatic heterocycles. The van der Waals surface area contributed by atoms with E-state index in [9.17, 15) is 9.18 Å². The minimum absolute atomic E-state index is 0.0629. The van der Waals surface area contributed by atoms with Crippen LogP contribution in [0.5, 0.6) is 5.75 Å². The summed E-state index contributed by atoms with van der Waals surface area (Å²) in [6.07, 6.45) is 1.09. The van der Waals surface area contributed by atoms with Gasteiger partial charge in [-0.25, -0.2) is 14.2 Å². The predicted octanol–water partition coefficient (Wildman–Crippen LogP) is 6.60. The molecule has 0 saturated heterocycles. The Hall–Kier alpha value is -2.94. The van der Waals surface area contributed by atoms with E-state index in [0.29, 0.717) is 33.5 Å². The number of benzene rings is 2. The fourth-order valence-corrected chi connectivity index (χ4v) is 4.59. The molecule has 2 aromatic carbocycles. The number of thiazole rings is 1. The van der Waals surface area contributed by atoms with Crippen LogP contribution < -0.4 is 15.4 Å². The molecule has 0 aliphatic carbocycles. The Morgan fingerprint density at radius 2 is 2.06 bits per heavy atom. The highest BCUT2D eigenvalue weighted by atomic mass is 35.5. The first kappa shape index (κ1) is 22.3. The highest BCUT2D eigenvalue weighted by Crippen LogP contribution is 2.36. The molecule has 0 spiro atoms. The highest BCUT2D eigenvalue weighted by molar-refractivity contribution is 7.22. The zero-order chi connectivity index (χ0) is 22.7. The molecule has 32 heavy (non-hydrogen) atoms. The van der Waals surface area contributed by atoms with Gasteiger partial charge in [0.2, 0.25) is 0 Å². The average Bonchev–Trinajstić information content (AvgIpc) is 3.17. The number of hydrogen-bond acceptors (Lipinski definition) is 5. The second-order valence-corrected chi connectivity index (χ2v) is 8.61. The van der Waals surface area contributed by atoms with Crippen LogP contribution in [0.15, 0.2) is 54.7 Å². The summed E-state index contributed by atoms with van der Waals surface area (Å²) >= 11 is 13.6. The predicted molar refractivity (Wildman–Crippen MR) is 125 cm³/mol. The monoisotopic (exact) mass is 490 g/mol. The van der Waals surface area contributed by atoms with E-state index in [0.717, 1.165) is 10.4 Å². The van der Waals surface area contributed by atoms with Gasteiger partial charge in [-0.15, -0.1) is 0 Å². The molecule has 2 amide bonds. The Balaban J connectivity index is 1.44. The normalized spacial score (nSPS) is 11.9. The van der Waals surface area contributed by atoms with Gasteiger partial charge in [-0.05, 0) is 49.4 Å².